The van der Waals surface area contributed by atoms with E-state index in [4.69, 9.17) is 0 Å². The molecule has 4 rings (SSSR count). The average Bonchev–Trinajstić information content (AvgIpc) is 3.27. The van der Waals surface area contributed by atoms with Crippen LogP contribution in [-0.4, -0.2) is 33.9 Å². The van der Waals surface area contributed by atoms with E-state index < -0.39 is 0 Å². The van der Waals surface area contributed by atoms with E-state index >= 15 is 0 Å². The Morgan fingerprint density at radius 3 is 3.00 bits per heavy atom. The molecule has 0 aliphatic carbocycles. The van der Waals surface area contributed by atoms with E-state index in [1.807, 2.05) is 23.4 Å². The summed E-state index contributed by atoms with van der Waals surface area (Å²) in [5.41, 5.74) is 2.99. The zero-order valence-corrected chi connectivity index (χ0v) is 13.5. The van der Waals surface area contributed by atoms with Crippen LogP contribution in [0.5, 0.6) is 0 Å². The van der Waals surface area contributed by atoms with Crippen molar-refractivity contribution in [3.63, 3.8) is 0 Å². The first kappa shape index (κ1) is 14.3. The van der Waals surface area contributed by atoms with Crippen LogP contribution >= 0.6 is 11.3 Å². The first-order valence-corrected chi connectivity index (χ1v) is 8.68. The number of carbonyl (C=O) groups is 1. The molecule has 1 atom stereocenters. The molecular formula is C18H17N3OS. The smallest absolute Gasteiger partial charge is 0.265 e. The number of hydrogen-bond donors (Lipinski definition) is 0. The lowest BCUT2D eigenvalue weighted by Crippen LogP contribution is -2.28. The van der Waals surface area contributed by atoms with Gasteiger partial charge in [0, 0.05) is 30.9 Å². The number of nitrogens with zero attached hydrogens (tertiary/aromatic N) is 3. The molecule has 0 saturated carbocycles. The second-order valence-corrected chi connectivity index (χ2v) is 6.88. The van der Waals surface area contributed by atoms with Gasteiger partial charge in [0.25, 0.3) is 5.91 Å². The van der Waals surface area contributed by atoms with Crippen molar-refractivity contribution >= 4 is 28.0 Å². The lowest BCUT2D eigenvalue weighted by molar-refractivity contribution is 0.0791. The normalized spacial score (nSPS) is 17.7. The summed E-state index contributed by atoms with van der Waals surface area (Å²) in [7, 11) is 0. The van der Waals surface area contributed by atoms with Crippen LogP contribution in [-0.2, 0) is 6.42 Å². The zero-order chi connectivity index (χ0) is 15.6. The number of rotatable bonds is 3. The van der Waals surface area contributed by atoms with Crippen molar-refractivity contribution < 1.29 is 4.79 Å². The third kappa shape index (κ3) is 2.84. The van der Waals surface area contributed by atoms with Gasteiger partial charge in [0.1, 0.15) is 4.88 Å². The van der Waals surface area contributed by atoms with Crippen molar-refractivity contribution in [2.24, 2.45) is 5.92 Å². The monoisotopic (exact) mass is 323 g/mol. The van der Waals surface area contributed by atoms with Crippen LogP contribution in [0.25, 0.3) is 10.8 Å². The van der Waals surface area contributed by atoms with Gasteiger partial charge in [0.15, 0.2) is 0 Å². The van der Waals surface area contributed by atoms with E-state index in [9.17, 15) is 4.79 Å². The average molecular weight is 323 g/mol. The molecule has 1 aliphatic heterocycles. The molecular weight excluding hydrogens is 306 g/mol. The van der Waals surface area contributed by atoms with Gasteiger partial charge in [0.05, 0.1) is 11.7 Å². The summed E-state index contributed by atoms with van der Waals surface area (Å²) < 4.78 is 0. The van der Waals surface area contributed by atoms with Gasteiger partial charge in [0.2, 0.25) is 0 Å². The summed E-state index contributed by atoms with van der Waals surface area (Å²) in [6, 6.07) is 8.36. The molecule has 23 heavy (non-hydrogen) atoms. The molecule has 116 valence electrons. The number of likely N-dealkylation sites (tertiary alicyclic amines) is 1. The van der Waals surface area contributed by atoms with Gasteiger partial charge < -0.3 is 4.90 Å². The highest BCUT2D eigenvalue weighted by Gasteiger charge is 2.28. The van der Waals surface area contributed by atoms with Crippen LogP contribution in [0.1, 0.15) is 21.7 Å². The Kier molecular flexibility index (Phi) is 3.79. The predicted octanol–water partition coefficient (Wildman–Crippen LogP) is 3.40. The van der Waals surface area contributed by atoms with Gasteiger partial charge in [-0.05, 0) is 29.7 Å². The SMILES string of the molecule is O=C(c1cncs1)N1CC[C@@H](Cc2cncc3ccccc23)C1. The fourth-order valence-corrected chi connectivity index (χ4v) is 3.90. The van der Waals surface area contributed by atoms with Crippen molar-refractivity contribution in [1.29, 1.82) is 0 Å². The molecule has 0 bridgehead atoms. The standard InChI is InChI=1S/C18H17N3OS/c22-18(17-10-20-12-23-17)21-6-5-13(11-21)7-15-9-19-8-14-3-1-2-4-16(14)15/h1-4,8-10,12-13H,5-7,11H2/t13-/m0/s1. The maximum atomic E-state index is 12.4. The van der Waals surface area contributed by atoms with Gasteiger partial charge in [-0.2, -0.15) is 0 Å². The van der Waals surface area contributed by atoms with Gasteiger partial charge >= 0.3 is 0 Å². The molecule has 1 aliphatic rings. The van der Waals surface area contributed by atoms with Crippen molar-refractivity contribution in [3.8, 4) is 0 Å². The lowest BCUT2D eigenvalue weighted by Gasteiger charge is -2.16. The molecule has 0 N–H and O–H groups in total. The molecule has 1 saturated heterocycles. The maximum absolute atomic E-state index is 12.4. The molecule has 2 aromatic heterocycles. The highest BCUT2D eigenvalue weighted by molar-refractivity contribution is 7.11. The number of benzene rings is 1. The van der Waals surface area contributed by atoms with E-state index in [0.717, 1.165) is 30.8 Å². The number of hydrogen-bond acceptors (Lipinski definition) is 4. The van der Waals surface area contributed by atoms with E-state index in [-0.39, 0.29) is 5.91 Å². The Balaban J connectivity index is 1.49. The maximum Gasteiger partial charge on any atom is 0.265 e. The second-order valence-electron chi connectivity index (χ2n) is 6.00. The van der Waals surface area contributed by atoms with Crippen molar-refractivity contribution in [1.82, 2.24) is 14.9 Å². The Morgan fingerprint density at radius 1 is 1.22 bits per heavy atom. The number of thiazole rings is 1. The number of pyridine rings is 1. The predicted molar refractivity (Wildman–Crippen MR) is 91.6 cm³/mol. The minimum Gasteiger partial charge on any atom is -0.338 e. The second kappa shape index (κ2) is 6.08. The van der Waals surface area contributed by atoms with Crippen molar-refractivity contribution in [2.45, 2.75) is 12.8 Å². The summed E-state index contributed by atoms with van der Waals surface area (Å²) in [6.45, 7) is 1.65. The fourth-order valence-electron chi connectivity index (χ4n) is 3.31. The molecule has 4 nitrogen and oxygen atoms in total. The molecule has 1 aromatic carbocycles. The molecule has 1 fully saturated rings. The van der Waals surface area contributed by atoms with Crippen molar-refractivity contribution in [2.75, 3.05) is 13.1 Å². The summed E-state index contributed by atoms with van der Waals surface area (Å²) in [5.74, 6) is 0.616. The van der Waals surface area contributed by atoms with Crippen LogP contribution < -0.4 is 0 Å². The molecule has 0 unspecified atom stereocenters. The van der Waals surface area contributed by atoms with Crippen LogP contribution in [0.15, 0.2) is 48.4 Å². The van der Waals surface area contributed by atoms with Crippen molar-refractivity contribution in [3.05, 3.63) is 58.8 Å². The summed E-state index contributed by atoms with van der Waals surface area (Å²) in [6.07, 6.45) is 7.56. The molecule has 5 heteroatoms. The fraction of sp³-hybridized carbons (Fsp3) is 0.278. The quantitative estimate of drug-likeness (QED) is 0.742. The highest BCUT2D eigenvalue weighted by Crippen LogP contribution is 2.26. The van der Waals surface area contributed by atoms with E-state index in [1.54, 1.807) is 11.7 Å². The minimum atomic E-state index is 0.117. The summed E-state index contributed by atoms with van der Waals surface area (Å²) >= 11 is 1.41. The molecule has 3 heterocycles. The van der Waals surface area contributed by atoms with E-state index in [0.29, 0.717) is 5.92 Å². The van der Waals surface area contributed by atoms with Crippen LogP contribution in [0.3, 0.4) is 0 Å². The Labute approximate surface area is 138 Å². The third-order valence-corrected chi connectivity index (χ3v) is 5.24. The Hall–Kier alpha value is -2.27. The van der Waals surface area contributed by atoms with Crippen LogP contribution in [0.4, 0.5) is 0 Å². The molecule has 0 radical (unpaired) electrons. The number of amides is 1. The highest BCUT2D eigenvalue weighted by atomic mass is 32.1. The van der Waals surface area contributed by atoms with Gasteiger partial charge in [-0.1, -0.05) is 24.3 Å². The third-order valence-electron chi connectivity index (χ3n) is 4.48. The van der Waals surface area contributed by atoms with Gasteiger partial charge in [-0.15, -0.1) is 11.3 Å². The Bertz CT molecular complexity index is 826. The van der Waals surface area contributed by atoms with Gasteiger partial charge in [-0.25, -0.2) is 0 Å². The topological polar surface area (TPSA) is 46.1 Å². The zero-order valence-electron chi connectivity index (χ0n) is 12.7. The molecule has 1 amide bonds. The minimum absolute atomic E-state index is 0.117. The Morgan fingerprint density at radius 2 is 2.13 bits per heavy atom. The molecule has 0 spiro atoms. The molecule has 3 aromatic rings. The van der Waals surface area contributed by atoms with Crippen LogP contribution in [0, 0.1) is 5.92 Å². The number of fused-ring (bicyclic) bond motifs is 1. The van der Waals surface area contributed by atoms with E-state index in [2.05, 4.69) is 28.2 Å². The van der Waals surface area contributed by atoms with E-state index in [1.165, 1.54) is 27.7 Å². The first-order chi connectivity index (χ1) is 11.3. The van der Waals surface area contributed by atoms with Gasteiger partial charge in [-0.3, -0.25) is 14.8 Å². The largest absolute Gasteiger partial charge is 0.338 e. The number of aromatic nitrogens is 2. The first-order valence-electron chi connectivity index (χ1n) is 7.80. The summed E-state index contributed by atoms with van der Waals surface area (Å²) in [5, 5.41) is 2.45. The lowest BCUT2D eigenvalue weighted by atomic mass is 9.96. The summed E-state index contributed by atoms with van der Waals surface area (Å²) in [4.78, 5) is 23.5. The number of carbonyl (C=O) groups excluding carboxylic acids is 1. The van der Waals surface area contributed by atoms with Crippen LogP contribution in [0.2, 0.25) is 0 Å².